The first-order valence-electron chi connectivity index (χ1n) is 24.7. The van der Waals surface area contributed by atoms with Gasteiger partial charge in [-0.1, -0.05) is 173 Å². The summed E-state index contributed by atoms with van der Waals surface area (Å²) in [6, 6.07) is -1.18. The van der Waals surface area contributed by atoms with Gasteiger partial charge in [0.2, 0.25) is 5.91 Å². The molecule has 1 heterocycles. The Morgan fingerprint density at radius 3 is 1.43 bits per heavy atom. The first kappa shape index (κ1) is 56.6. The molecule has 0 aromatic rings. The second-order valence-electron chi connectivity index (χ2n) is 17.5. The third-order valence-corrected chi connectivity index (χ3v) is 12.0. The van der Waals surface area contributed by atoms with Crippen LogP contribution in [0.5, 0.6) is 0 Å². The molecular weight excluding hydrogens is 763 g/mol. The van der Waals surface area contributed by atoms with E-state index in [4.69, 9.17) is 9.47 Å². The zero-order chi connectivity index (χ0) is 44.1. The molecule has 1 saturated heterocycles. The van der Waals surface area contributed by atoms with Gasteiger partial charge in [-0.3, -0.25) is 4.79 Å². The predicted molar refractivity (Wildman–Crippen MR) is 242 cm³/mol. The van der Waals surface area contributed by atoms with E-state index in [-0.39, 0.29) is 12.8 Å². The van der Waals surface area contributed by atoms with Crippen molar-refractivity contribution >= 4 is 5.91 Å². The number of amides is 1. The molecule has 0 saturated carbocycles. The summed E-state index contributed by atoms with van der Waals surface area (Å²) in [5.41, 5.74) is 0. The van der Waals surface area contributed by atoms with Crippen LogP contribution in [0.15, 0.2) is 24.3 Å². The smallest absolute Gasteiger partial charge is 0.249 e. The van der Waals surface area contributed by atoms with Crippen LogP contribution in [0.2, 0.25) is 0 Å². The highest BCUT2D eigenvalue weighted by Crippen LogP contribution is 2.23. The van der Waals surface area contributed by atoms with Crippen molar-refractivity contribution in [2.24, 2.45) is 0 Å². The Balaban J connectivity index is 2.40. The Bertz CT molecular complexity index is 1030. The molecule has 11 nitrogen and oxygen atoms in total. The summed E-state index contributed by atoms with van der Waals surface area (Å²) in [5.74, 6) is -0.711. The van der Waals surface area contributed by atoms with Crippen molar-refractivity contribution in [3.63, 3.8) is 0 Å². The molecule has 9 atom stereocenters. The third kappa shape index (κ3) is 28.3. The second-order valence-corrected chi connectivity index (χ2v) is 17.5. The maximum Gasteiger partial charge on any atom is 0.249 e. The quantitative estimate of drug-likeness (QED) is 0.0218. The van der Waals surface area contributed by atoms with E-state index in [0.717, 1.165) is 57.8 Å². The lowest BCUT2D eigenvalue weighted by atomic mass is 9.98. The molecule has 8 N–H and O–H groups in total. The normalized spacial score (nSPS) is 21.8. The summed E-state index contributed by atoms with van der Waals surface area (Å²) in [7, 11) is 0. The average molecular weight is 856 g/mol. The lowest BCUT2D eigenvalue weighted by Gasteiger charge is -2.40. The van der Waals surface area contributed by atoms with Crippen molar-refractivity contribution in [3.8, 4) is 0 Å². The summed E-state index contributed by atoms with van der Waals surface area (Å²) in [6.07, 6.45) is 32.3. The Kier molecular flexibility index (Phi) is 37.0. The SMILES string of the molecule is CCCCCCCCC/C=C/CCCC(O)C(O)C(COC1OC(CO)C(O)C(O)C1O)NC(=O)C(O)CCCCCCCC/C=C\CCCCCCCCCCCCC. The van der Waals surface area contributed by atoms with E-state index in [1.807, 2.05) is 0 Å². The molecule has 1 aliphatic rings. The number of hydrogen-bond acceptors (Lipinski definition) is 10. The topological polar surface area (TPSA) is 189 Å². The van der Waals surface area contributed by atoms with Crippen molar-refractivity contribution in [1.82, 2.24) is 5.32 Å². The van der Waals surface area contributed by atoms with Gasteiger partial charge < -0.3 is 50.5 Å². The summed E-state index contributed by atoms with van der Waals surface area (Å²) in [5, 5.41) is 75.6. The molecule has 0 aliphatic carbocycles. The van der Waals surface area contributed by atoms with Gasteiger partial charge >= 0.3 is 0 Å². The summed E-state index contributed by atoms with van der Waals surface area (Å²) in [6.45, 7) is 3.41. The number of hydrogen-bond donors (Lipinski definition) is 8. The van der Waals surface area contributed by atoms with Crippen LogP contribution in [0.1, 0.15) is 213 Å². The van der Waals surface area contributed by atoms with Crippen LogP contribution in [-0.4, -0.2) is 110 Å². The second kappa shape index (κ2) is 39.2. The van der Waals surface area contributed by atoms with Gasteiger partial charge in [0, 0.05) is 0 Å². The zero-order valence-corrected chi connectivity index (χ0v) is 38.2. The van der Waals surface area contributed by atoms with Crippen LogP contribution >= 0.6 is 0 Å². The lowest BCUT2D eigenvalue weighted by molar-refractivity contribution is -0.303. The first-order valence-corrected chi connectivity index (χ1v) is 24.7. The number of unbranched alkanes of at least 4 members (excludes halogenated alkanes) is 25. The van der Waals surface area contributed by atoms with E-state index in [1.165, 1.54) is 116 Å². The molecule has 1 rings (SSSR count). The zero-order valence-electron chi connectivity index (χ0n) is 38.2. The van der Waals surface area contributed by atoms with Crippen LogP contribution < -0.4 is 5.32 Å². The number of carbonyl (C=O) groups excluding carboxylic acids is 1. The fraction of sp³-hybridized carbons (Fsp3) is 0.898. The maximum absolute atomic E-state index is 13.1. The van der Waals surface area contributed by atoms with Crippen molar-refractivity contribution in [2.45, 2.75) is 268 Å². The van der Waals surface area contributed by atoms with Gasteiger partial charge in [-0.2, -0.15) is 0 Å². The number of carbonyl (C=O) groups is 1. The molecule has 0 radical (unpaired) electrons. The third-order valence-electron chi connectivity index (χ3n) is 12.0. The van der Waals surface area contributed by atoms with Crippen LogP contribution in [0, 0.1) is 0 Å². The van der Waals surface area contributed by atoms with Crippen molar-refractivity contribution in [2.75, 3.05) is 13.2 Å². The van der Waals surface area contributed by atoms with Gasteiger partial charge in [0.25, 0.3) is 0 Å². The minimum Gasteiger partial charge on any atom is -0.394 e. The summed E-state index contributed by atoms with van der Waals surface area (Å²) >= 11 is 0. The van der Waals surface area contributed by atoms with Crippen LogP contribution in [0.4, 0.5) is 0 Å². The number of ether oxygens (including phenoxy) is 2. The van der Waals surface area contributed by atoms with Crippen molar-refractivity contribution in [1.29, 1.82) is 0 Å². The Labute approximate surface area is 365 Å². The minimum atomic E-state index is -1.67. The van der Waals surface area contributed by atoms with Crippen LogP contribution in [-0.2, 0) is 14.3 Å². The molecule has 0 aromatic heterocycles. The van der Waals surface area contributed by atoms with Crippen LogP contribution in [0.25, 0.3) is 0 Å². The van der Waals surface area contributed by atoms with E-state index in [2.05, 4.69) is 43.5 Å². The molecule has 9 unspecified atom stereocenters. The van der Waals surface area contributed by atoms with Gasteiger partial charge in [0.05, 0.1) is 25.4 Å². The molecule has 1 amide bonds. The fourth-order valence-corrected chi connectivity index (χ4v) is 7.85. The highest BCUT2D eigenvalue weighted by Gasteiger charge is 2.44. The molecule has 0 spiro atoms. The van der Waals surface area contributed by atoms with E-state index in [0.29, 0.717) is 12.8 Å². The molecule has 60 heavy (non-hydrogen) atoms. The first-order chi connectivity index (χ1) is 29.2. The van der Waals surface area contributed by atoms with Gasteiger partial charge in [-0.25, -0.2) is 0 Å². The molecule has 1 aliphatic heterocycles. The number of nitrogens with one attached hydrogen (secondary N) is 1. The molecule has 0 bridgehead atoms. The average Bonchev–Trinajstić information content (AvgIpc) is 3.25. The highest BCUT2D eigenvalue weighted by molar-refractivity contribution is 5.80. The Morgan fingerprint density at radius 1 is 0.567 bits per heavy atom. The van der Waals surface area contributed by atoms with E-state index in [9.17, 15) is 40.5 Å². The van der Waals surface area contributed by atoms with Crippen molar-refractivity contribution < 1.29 is 50.0 Å². The number of aliphatic hydroxyl groups is 7. The Hall–Kier alpha value is -1.41. The summed E-state index contributed by atoms with van der Waals surface area (Å²) < 4.78 is 11.1. The monoisotopic (exact) mass is 856 g/mol. The van der Waals surface area contributed by atoms with Gasteiger partial charge in [-0.15, -0.1) is 0 Å². The molecule has 354 valence electrons. The van der Waals surface area contributed by atoms with Gasteiger partial charge in [0.1, 0.15) is 36.6 Å². The molecule has 0 aromatic carbocycles. The van der Waals surface area contributed by atoms with Gasteiger partial charge in [0.15, 0.2) is 6.29 Å². The Morgan fingerprint density at radius 2 is 0.983 bits per heavy atom. The number of rotatable bonds is 41. The highest BCUT2D eigenvalue weighted by atomic mass is 16.7. The predicted octanol–water partition coefficient (Wildman–Crippen LogP) is 8.62. The summed E-state index contributed by atoms with van der Waals surface area (Å²) in [4.78, 5) is 13.1. The molecule has 11 heteroatoms. The largest absolute Gasteiger partial charge is 0.394 e. The fourth-order valence-electron chi connectivity index (χ4n) is 7.85. The number of aliphatic hydroxyl groups excluding tert-OH is 7. The lowest BCUT2D eigenvalue weighted by Crippen LogP contribution is -2.60. The van der Waals surface area contributed by atoms with E-state index in [1.54, 1.807) is 0 Å². The molecular formula is C49H93NO10. The minimum absolute atomic E-state index is 0.248. The standard InChI is InChI=1S/C49H93NO10/c1-3-5-7-9-11-13-15-17-18-19-20-21-22-23-24-25-27-29-31-33-35-37-42(53)48(58)50-40(39-59-49-47(57)46(56)45(55)43(38-51)60-49)44(54)41(52)36-34-32-30-28-26-16-14-12-10-8-6-4-2/h22-23,28,30,40-47,49,51-57H,3-21,24-27,29,31-39H2,1-2H3,(H,50,58)/b23-22-,30-28+. The van der Waals surface area contributed by atoms with Crippen molar-refractivity contribution in [3.05, 3.63) is 24.3 Å². The number of allylic oxidation sites excluding steroid dienone is 4. The van der Waals surface area contributed by atoms with E-state index >= 15 is 0 Å². The van der Waals surface area contributed by atoms with E-state index < -0.39 is 74.2 Å². The van der Waals surface area contributed by atoms with Crippen LogP contribution in [0.3, 0.4) is 0 Å². The maximum atomic E-state index is 13.1. The van der Waals surface area contributed by atoms with Gasteiger partial charge in [-0.05, 0) is 64.2 Å². The molecule has 1 fully saturated rings.